The molecule has 0 amide bonds. The van der Waals surface area contributed by atoms with Crippen LogP contribution in [0.4, 0.5) is 0 Å². The Kier molecular flexibility index (Phi) is 4.31. The molecule has 0 saturated carbocycles. The molecule has 0 heterocycles. The van der Waals surface area contributed by atoms with Crippen molar-refractivity contribution < 1.29 is 4.74 Å². The summed E-state index contributed by atoms with van der Waals surface area (Å²) in [6, 6.07) is 32.4. The van der Waals surface area contributed by atoms with Crippen molar-refractivity contribution in [1.29, 1.82) is 0 Å². The second kappa shape index (κ2) is 7.19. The van der Waals surface area contributed by atoms with E-state index < -0.39 is 5.72 Å². The zero-order valence-corrected chi connectivity index (χ0v) is 17.5. The van der Waals surface area contributed by atoms with Crippen molar-refractivity contribution in [1.82, 2.24) is 0 Å². The molecule has 0 aromatic heterocycles. The van der Waals surface area contributed by atoms with E-state index in [0.29, 0.717) is 6.61 Å². The monoisotopic (exact) mass is 403 g/mol. The maximum atomic E-state index is 6.84. The summed E-state index contributed by atoms with van der Waals surface area (Å²) in [6.45, 7) is 0.491. The minimum absolute atomic E-state index is 0.491. The molecule has 1 atom stereocenters. The minimum Gasteiger partial charge on any atom is -0.352 e. The van der Waals surface area contributed by atoms with E-state index in [2.05, 4.69) is 91.0 Å². The van der Waals surface area contributed by atoms with Crippen LogP contribution in [-0.4, -0.2) is 0 Å². The number of ether oxygens (including phenoxy) is 1. The maximum absolute atomic E-state index is 6.84. The molecule has 31 heavy (non-hydrogen) atoms. The molecule has 2 nitrogen and oxygen atoms in total. The highest BCUT2D eigenvalue weighted by Crippen LogP contribution is 2.37. The van der Waals surface area contributed by atoms with Crippen LogP contribution in [-0.2, 0) is 23.5 Å². The third kappa shape index (κ3) is 3.03. The van der Waals surface area contributed by atoms with Crippen molar-refractivity contribution in [2.75, 3.05) is 0 Å². The molecule has 0 spiro atoms. The Morgan fingerprint density at radius 1 is 0.710 bits per heavy atom. The van der Waals surface area contributed by atoms with Crippen molar-refractivity contribution in [2.45, 2.75) is 31.6 Å². The Balaban J connectivity index is 1.49. The van der Waals surface area contributed by atoms with Gasteiger partial charge in [0.25, 0.3) is 0 Å². The van der Waals surface area contributed by atoms with Gasteiger partial charge < -0.3 is 4.74 Å². The predicted molar refractivity (Wildman–Crippen MR) is 129 cm³/mol. The van der Waals surface area contributed by atoms with Gasteiger partial charge in [0.15, 0.2) is 0 Å². The third-order valence-corrected chi connectivity index (χ3v) is 6.81. The smallest absolute Gasteiger partial charge is 0.143 e. The van der Waals surface area contributed by atoms with Crippen LogP contribution in [0.15, 0.2) is 91.0 Å². The normalized spacial score (nSPS) is 18.5. The van der Waals surface area contributed by atoms with Gasteiger partial charge in [-0.1, -0.05) is 84.9 Å². The molecule has 6 rings (SSSR count). The molecule has 5 aromatic carbocycles. The third-order valence-electron chi connectivity index (χ3n) is 6.81. The fraction of sp³-hybridized carbons (Fsp3) is 0.172. The van der Waals surface area contributed by atoms with Crippen molar-refractivity contribution in [3.63, 3.8) is 0 Å². The summed E-state index contributed by atoms with van der Waals surface area (Å²) in [5.74, 6) is 0. The molecule has 0 saturated heterocycles. The highest BCUT2D eigenvalue weighted by atomic mass is 16.5. The number of hydrogen-bond donors (Lipinski definition) is 1. The van der Waals surface area contributed by atoms with Gasteiger partial charge in [0, 0.05) is 5.56 Å². The number of aryl methyl sites for hydroxylation is 1. The Hall–Kier alpha value is -3.20. The van der Waals surface area contributed by atoms with E-state index in [-0.39, 0.29) is 0 Å². The average Bonchev–Trinajstić information content (AvgIpc) is 2.83. The first-order chi connectivity index (χ1) is 15.2. The Labute approximate surface area is 182 Å². The molecule has 0 radical (unpaired) electrons. The zero-order valence-electron chi connectivity index (χ0n) is 17.5. The molecular weight excluding hydrogens is 378 g/mol. The van der Waals surface area contributed by atoms with Gasteiger partial charge in [-0.25, -0.2) is 0 Å². The van der Waals surface area contributed by atoms with Crippen molar-refractivity contribution >= 4 is 32.3 Å². The molecule has 5 aromatic rings. The lowest BCUT2D eigenvalue weighted by Gasteiger charge is -2.35. The van der Waals surface area contributed by atoms with E-state index >= 15 is 0 Å². The lowest BCUT2D eigenvalue weighted by molar-refractivity contribution is -0.0691. The summed E-state index contributed by atoms with van der Waals surface area (Å²) >= 11 is 0. The Morgan fingerprint density at radius 3 is 2.32 bits per heavy atom. The molecule has 1 unspecified atom stereocenters. The van der Waals surface area contributed by atoms with E-state index in [1.807, 2.05) is 0 Å². The van der Waals surface area contributed by atoms with E-state index in [1.165, 1.54) is 43.4 Å². The molecular formula is C29H25NO. The minimum atomic E-state index is -0.732. The quantitative estimate of drug-likeness (QED) is 0.265. The Morgan fingerprint density at radius 2 is 1.42 bits per heavy atom. The molecule has 1 aliphatic rings. The van der Waals surface area contributed by atoms with Gasteiger partial charge in [0.2, 0.25) is 0 Å². The summed E-state index contributed by atoms with van der Waals surface area (Å²) in [4.78, 5) is 0. The summed E-state index contributed by atoms with van der Waals surface area (Å²) in [5, 5.41) is 7.58. The summed E-state index contributed by atoms with van der Waals surface area (Å²) in [6.07, 6.45) is 2.97. The van der Waals surface area contributed by atoms with E-state index in [0.717, 1.165) is 24.8 Å². The van der Waals surface area contributed by atoms with Crippen LogP contribution in [0.2, 0.25) is 0 Å². The average molecular weight is 404 g/mol. The molecule has 0 aliphatic heterocycles. The SMILES string of the molecule is NC1(OCc2cc3c4ccccc4ccc3c3ccccc23)CCCc2ccccc21. The van der Waals surface area contributed by atoms with E-state index in [1.54, 1.807) is 0 Å². The largest absolute Gasteiger partial charge is 0.352 e. The van der Waals surface area contributed by atoms with Crippen LogP contribution in [0, 0.1) is 0 Å². The maximum Gasteiger partial charge on any atom is 0.143 e. The van der Waals surface area contributed by atoms with Crippen molar-refractivity contribution in [2.24, 2.45) is 5.73 Å². The molecule has 2 heteroatoms. The van der Waals surface area contributed by atoms with E-state index in [9.17, 15) is 0 Å². The van der Waals surface area contributed by atoms with Gasteiger partial charge in [-0.2, -0.15) is 0 Å². The second-order valence-corrected chi connectivity index (χ2v) is 8.65. The second-order valence-electron chi connectivity index (χ2n) is 8.65. The molecule has 1 aliphatic carbocycles. The van der Waals surface area contributed by atoms with Crippen LogP contribution in [0.5, 0.6) is 0 Å². The van der Waals surface area contributed by atoms with Crippen LogP contribution in [0.25, 0.3) is 32.3 Å². The first-order valence-electron chi connectivity index (χ1n) is 11.1. The number of rotatable bonds is 3. The topological polar surface area (TPSA) is 35.2 Å². The first-order valence-corrected chi connectivity index (χ1v) is 11.1. The zero-order chi connectivity index (χ0) is 20.8. The number of hydrogen-bond acceptors (Lipinski definition) is 2. The number of benzene rings is 5. The summed E-state index contributed by atoms with van der Waals surface area (Å²) in [5.41, 5.74) is 9.75. The van der Waals surface area contributed by atoms with E-state index in [4.69, 9.17) is 10.5 Å². The molecule has 0 bridgehead atoms. The van der Waals surface area contributed by atoms with Crippen LogP contribution >= 0.6 is 0 Å². The molecule has 0 fully saturated rings. The highest BCUT2D eigenvalue weighted by molar-refractivity contribution is 6.18. The van der Waals surface area contributed by atoms with Crippen LogP contribution in [0.1, 0.15) is 29.5 Å². The van der Waals surface area contributed by atoms with Gasteiger partial charge >= 0.3 is 0 Å². The fourth-order valence-corrected chi connectivity index (χ4v) is 5.24. The lowest BCUT2D eigenvalue weighted by atomic mass is 9.85. The van der Waals surface area contributed by atoms with Gasteiger partial charge in [-0.05, 0) is 68.8 Å². The predicted octanol–water partition coefficient (Wildman–Crippen LogP) is 6.81. The summed E-state index contributed by atoms with van der Waals surface area (Å²) < 4.78 is 6.53. The fourth-order valence-electron chi connectivity index (χ4n) is 5.24. The van der Waals surface area contributed by atoms with Crippen molar-refractivity contribution in [3.8, 4) is 0 Å². The van der Waals surface area contributed by atoms with Gasteiger partial charge in [0.05, 0.1) is 6.61 Å². The number of fused-ring (bicyclic) bond motifs is 6. The summed E-state index contributed by atoms with van der Waals surface area (Å²) in [7, 11) is 0. The number of nitrogens with two attached hydrogens (primary N) is 1. The van der Waals surface area contributed by atoms with Crippen molar-refractivity contribution in [3.05, 3.63) is 108 Å². The van der Waals surface area contributed by atoms with Crippen LogP contribution < -0.4 is 5.73 Å². The standard InChI is InChI=1S/C29H25NO/c30-29(17-7-10-21-9-2-6-14-28(21)29)31-19-22-18-27-23-11-3-1-8-20(23)15-16-26(27)25-13-5-4-12-24(22)25/h1-6,8-9,11-16,18H,7,10,17,19,30H2. The van der Waals surface area contributed by atoms with Gasteiger partial charge in [-0.15, -0.1) is 0 Å². The van der Waals surface area contributed by atoms with Gasteiger partial charge in [-0.3, -0.25) is 5.73 Å². The van der Waals surface area contributed by atoms with Crippen LogP contribution in [0.3, 0.4) is 0 Å². The van der Waals surface area contributed by atoms with Gasteiger partial charge in [0.1, 0.15) is 5.72 Å². The lowest BCUT2D eigenvalue weighted by Crippen LogP contribution is -2.42. The Bertz CT molecular complexity index is 1440. The molecule has 2 N–H and O–H groups in total. The molecule has 152 valence electrons. The highest BCUT2D eigenvalue weighted by Gasteiger charge is 2.33. The first kappa shape index (κ1) is 18.6.